The average molecular weight is 353 g/mol. The lowest BCUT2D eigenvalue weighted by Gasteiger charge is -2.35. The van der Waals surface area contributed by atoms with Crippen molar-refractivity contribution in [2.24, 2.45) is 0 Å². The summed E-state index contributed by atoms with van der Waals surface area (Å²) >= 11 is 0. The molecule has 2 aromatic carbocycles. The molecule has 1 fully saturated rings. The van der Waals surface area contributed by atoms with E-state index in [-0.39, 0.29) is 11.7 Å². The van der Waals surface area contributed by atoms with E-state index < -0.39 is 0 Å². The summed E-state index contributed by atoms with van der Waals surface area (Å²) in [5.41, 5.74) is 2.72. The Morgan fingerprint density at radius 1 is 1.04 bits per heavy atom. The molecule has 136 valence electrons. The van der Waals surface area contributed by atoms with E-state index in [4.69, 9.17) is 0 Å². The molecule has 1 N–H and O–H groups in total. The number of amides is 1. The second kappa shape index (κ2) is 8.63. The Morgan fingerprint density at radius 3 is 2.31 bits per heavy atom. The van der Waals surface area contributed by atoms with Gasteiger partial charge in [0.05, 0.1) is 0 Å². The normalized spacial score (nSPS) is 15.4. The molecule has 2 aromatic rings. The number of carbonyl (C=O) groups is 1. The summed E-state index contributed by atoms with van der Waals surface area (Å²) in [6, 6.07) is 13.9. The molecule has 1 saturated heterocycles. The summed E-state index contributed by atoms with van der Waals surface area (Å²) in [6.45, 7) is 7.52. The summed E-state index contributed by atoms with van der Waals surface area (Å²) < 4.78 is 12.9. The standard InChI is InChI=1S/C21H24FN3O/c1-2-24-13-15-25(16-14-24)20-10-8-19(9-11-20)23-21(26)12-5-17-3-6-18(22)7-4-17/h3-12H,2,13-16H2,1H3,(H,23,26)/b12-5+. The third-order valence-electron chi connectivity index (χ3n) is 4.62. The number of hydrogen-bond acceptors (Lipinski definition) is 3. The monoisotopic (exact) mass is 353 g/mol. The van der Waals surface area contributed by atoms with Crippen molar-refractivity contribution in [2.45, 2.75) is 6.92 Å². The van der Waals surface area contributed by atoms with Crippen molar-refractivity contribution >= 4 is 23.4 Å². The molecule has 0 saturated carbocycles. The molecular formula is C21H24FN3O. The van der Waals surface area contributed by atoms with Crippen LogP contribution >= 0.6 is 0 Å². The first kappa shape index (κ1) is 18.1. The van der Waals surface area contributed by atoms with Crippen LogP contribution in [-0.2, 0) is 4.79 Å². The average Bonchev–Trinajstić information content (AvgIpc) is 2.68. The zero-order valence-corrected chi connectivity index (χ0v) is 15.0. The van der Waals surface area contributed by atoms with Crippen LogP contribution in [0.3, 0.4) is 0 Å². The van der Waals surface area contributed by atoms with Crippen LogP contribution in [0.4, 0.5) is 15.8 Å². The van der Waals surface area contributed by atoms with Crippen molar-refractivity contribution in [2.75, 3.05) is 42.9 Å². The molecule has 0 aliphatic carbocycles. The maximum atomic E-state index is 12.9. The third kappa shape index (κ3) is 4.92. The van der Waals surface area contributed by atoms with Gasteiger partial charge in [-0.3, -0.25) is 4.79 Å². The largest absolute Gasteiger partial charge is 0.369 e. The number of hydrogen-bond donors (Lipinski definition) is 1. The molecule has 5 heteroatoms. The molecule has 1 aliphatic heterocycles. The van der Waals surface area contributed by atoms with Crippen LogP contribution in [0.5, 0.6) is 0 Å². The quantitative estimate of drug-likeness (QED) is 0.834. The van der Waals surface area contributed by atoms with E-state index in [1.54, 1.807) is 18.2 Å². The van der Waals surface area contributed by atoms with Gasteiger partial charge in [-0.25, -0.2) is 4.39 Å². The Labute approximate surface area is 153 Å². The predicted molar refractivity (Wildman–Crippen MR) is 105 cm³/mol. The Hall–Kier alpha value is -2.66. The molecule has 0 radical (unpaired) electrons. The predicted octanol–water partition coefficient (Wildman–Crippen LogP) is 3.62. The molecule has 26 heavy (non-hydrogen) atoms. The third-order valence-corrected chi connectivity index (χ3v) is 4.62. The molecule has 1 amide bonds. The number of carbonyl (C=O) groups excluding carboxylic acids is 1. The van der Waals surface area contributed by atoms with Gasteiger partial charge in [-0.15, -0.1) is 0 Å². The number of piperazine rings is 1. The van der Waals surface area contributed by atoms with Crippen LogP contribution in [-0.4, -0.2) is 43.5 Å². The molecule has 1 heterocycles. The van der Waals surface area contributed by atoms with Crippen LogP contribution in [0.1, 0.15) is 12.5 Å². The minimum Gasteiger partial charge on any atom is -0.369 e. The molecule has 1 aliphatic rings. The van der Waals surface area contributed by atoms with E-state index in [2.05, 4.69) is 22.0 Å². The molecule has 0 unspecified atom stereocenters. The maximum Gasteiger partial charge on any atom is 0.248 e. The highest BCUT2D eigenvalue weighted by molar-refractivity contribution is 6.02. The highest BCUT2D eigenvalue weighted by Gasteiger charge is 2.15. The fourth-order valence-electron chi connectivity index (χ4n) is 3.01. The van der Waals surface area contributed by atoms with E-state index in [0.29, 0.717) is 0 Å². The molecule has 0 atom stereocenters. The zero-order chi connectivity index (χ0) is 18.4. The van der Waals surface area contributed by atoms with Crippen molar-refractivity contribution in [1.29, 1.82) is 0 Å². The van der Waals surface area contributed by atoms with Crippen LogP contribution < -0.4 is 10.2 Å². The van der Waals surface area contributed by atoms with Gasteiger partial charge >= 0.3 is 0 Å². The second-order valence-electron chi connectivity index (χ2n) is 6.34. The van der Waals surface area contributed by atoms with Crippen LogP contribution in [0.15, 0.2) is 54.6 Å². The first-order valence-electron chi connectivity index (χ1n) is 8.96. The molecule has 0 bridgehead atoms. The number of anilines is 2. The van der Waals surface area contributed by atoms with E-state index in [9.17, 15) is 9.18 Å². The van der Waals surface area contributed by atoms with Gasteiger partial charge in [0, 0.05) is 43.6 Å². The van der Waals surface area contributed by atoms with E-state index in [1.807, 2.05) is 24.3 Å². The van der Waals surface area contributed by atoms with Gasteiger partial charge in [-0.2, -0.15) is 0 Å². The Kier molecular flexibility index (Phi) is 6.02. The van der Waals surface area contributed by atoms with Crippen molar-refractivity contribution in [3.8, 4) is 0 Å². The van der Waals surface area contributed by atoms with Crippen molar-refractivity contribution < 1.29 is 9.18 Å². The number of benzene rings is 2. The first-order valence-corrected chi connectivity index (χ1v) is 8.96. The Morgan fingerprint density at radius 2 is 1.69 bits per heavy atom. The van der Waals surface area contributed by atoms with E-state index >= 15 is 0 Å². The first-order chi connectivity index (χ1) is 12.6. The lowest BCUT2D eigenvalue weighted by molar-refractivity contribution is -0.111. The number of nitrogens with one attached hydrogen (secondary N) is 1. The highest BCUT2D eigenvalue weighted by atomic mass is 19.1. The van der Waals surface area contributed by atoms with Gasteiger partial charge in [-0.05, 0) is 54.6 Å². The number of rotatable bonds is 5. The Balaban J connectivity index is 1.53. The van der Waals surface area contributed by atoms with Crippen molar-refractivity contribution in [3.05, 3.63) is 66.0 Å². The second-order valence-corrected chi connectivity index (χ2v) is 6.34. The fraction of sp³-hybridized carbons (Fsp3) is 0.286. The molecule has 3 rings (SSSR count). The van der Waals surface area contributed by atoms with Gasteiger partial charge in [0.2, 0.25) is 5.91 Å². The molecule has 0 aromatic heterocycles. The van der Waals surface area contributed by atoms with Gasteiger partial charge in [0.1, 0.15) is 5.82 Å². The maximum absolute atomic E-state index is 12.9. The summed E-state index contributed by atoms with van der Waals surface area (Å²) in [7, 11) is 0. The zero-order valence-electron chi connectivity index (χ0n) is 15.0. The van der Waals surface area contributed by atoms with Gasteiger partial charge < -0.3 is 15.1 Å². The van der Waals surface area contributed by atoms with Crippen molar-refractivity contribution in [1.82, 2.24) is 4.90 Å². The number of halogens is 1. The molecule has 0 spiro atoms. The van der Waals surface area contributed by atoms with Gasteiger partial charge in [0.25, 0.3) is 0 Å². The van der Waals surface area contributed by atoms with Crippen LogP contribution in [0.25, 0.3) is 6.08 Å². The van der Waals surface area contributed by atoms with E-state index in [1.165, 1.54) is 23.9 Å². The van der Waals surface area contributed by atoms with Crippen molar-refractivity contribution in [3.63, 3.8) is 0 Å². The van der Waals surface area contributed by atoms with Gasteiger partial charge in [-0.1, -0.05) is 19.1 Å². The minimum absolute atomic E-state index is 0.210. The fourth-order valence-corrected chi connectivity index (χ4v) is 3.01. The van der Waals surface area contributed by atoms with Crippen LogP contribution in [0, 0.1) is 5.82 Å². The lowest BCUT2D eigenvalue weighted by atomic mass is 10.2. The summed E-state index contributed by atoms with van der Waals surface area (Å²) in [5, 5.41) is 2.84. The molecule has 4 nitrogen and oxygen atoms in total. The topological polar surface area (TPSA) is 35.6 Å². The number of likely N-dealkylation sites (N-methyl/N-ethyl adjacent to an activating group) is 1. The van der Waals surface area contributed by atoms with Gasteiger partial charge in [0.15, 0.2) is 0 Å². The van der Waals surface area contributed by atoms with E-state index in [0.717, 1.165) is 44.0 Å². The minimum atomic E-state index is -0.289. The SMILES string of the molecule is CCN1CCN(c2ccc(NC(=O)/C=C/c3ccc(F)cc3)cc2)CC1. The molecular weight excluding hydrogens is 329 g/mol. The summed E-state index contributed by atoms with van der Waals surface area (Å²) in [4.78, 5) is 16.8. The summed E-state index contributed by atoms with van der Waals surface area (Å²) in [6.07, 6.45) is 3.11. The number of nitrogens with zero attached hydrogens (tertiary/aromatic N) is 2. The highest BCUT2D eigenvalue weighted by Crippen LogP contribution is 2.19. The summed E-state index contributed by atoms with van der Waals surface area (Å²) in [5.74, 6) is -0.499. The van der Waals surface area contributed by atoms with Crippen LogP contribution in [0.2, 0.25) is 0 Å². The lowest BCUT2D eigenvalue weighted by Crippen LogP contribution is -2.46. The smallest absolute Gasteiger partial charge is 0.248 e. The Bertz CT molecular complexity index is 748.